The number of ether oxygens (including phenoxy) is 1. The minimum atomic E-state index is -0.646. The molecule has 2 aromatic rings. The zero-order valence-corrected chi connectivity index (χ0v) is 21.9. The van der Waals surface area contributed by atoms with E-state index in [1.165, 1.54) is 18.7 Å². The Hall–Kier alpha value is -2.86. The third-order valence-corrected chi connectivity index (χ3v) is 6.92. The molecule has 3 rings (SSSR count). The van der Waals surface area contributed by atoms with Crippen molar-refractivity contribution < 1.29 is 19.1 Å². The fourth-order valence-corrected chi connectivity index (χ4v) is 5.04. The van der Waals surface area contributed by atoms with Gasteiger partial charge in [-0.3, -0.25) is 9.59 Å². The normalized spacial score (nSPS) is 18.1. The van der Waals surface area contributed by atoms with Crippen molar-refractivity contribution in [1.82, 2.24) is 10.2 Å². The van der Waals surface area contributed by atoms with Gasteiger partial charge < -0.3 is 15.0 Å². The van der Waals surface area contributed by atoms with Crippen LogP contribution in [0, 0.1) is 11.3 Å². The molecule has 1 saturated heterocycles. The third-order valence-electron chi connectivity index (χ3n) is 6.67. The summed E-state index contributed by atoms with van der Waals surface area (Å²) in [4.78, 5) is 40.4. The Morgan fingerprint density at radius 1 is 1.11 bits per heavy atom. The predicted octanol–water partition coefficient (Wildman–Crippen LogP) is 5.31. The number of nitrogens with zero attached hydrogens (tertiary/aromatic N) is 1. The van der Waals surface area contributed by atoms with Crippen molar-refractivity contribution in [3.63, 3.8) is 0 Å². The van der Waals surface area contributed by atoms with Crippen LogP contribution < -0.4 is 5.32 Å². The highest BCUT2D eigenvalue weighted by molar-refractivity contribution is 6.30. The highest BCUT2D eigenvalue weighted by Gasteiger charge is 2.40. The summed E-state index contributed by atoms with van der Waals surface area (Å²) in [6, 6.07) is 13.6. The molecule has 1 aliphatic rings. The number of hydrogen-bond donors (Lipinski definition) is 1. The van der Waals surface area contributed by atoms with Crippen LogP contribution in [0.4, 0.5) is 0 Å². The molecule has 0 radical (unpaired) electrons. The second-order valence-electron chi connectivity index (χ2n) is 10.4. The van der Waals surface area contributed by atoms with E-state index in [1.807, 2.05) is 30.9 Å². The van der Waals surface area contributed by atoms with Crippen molar-refractivity contribution in [2.75, 3.05) is 20.2 Å². The Balaban J connectivity index is 1.75. The molecule has 0 saturated carbocycles. The molecule has 1 heterocycles. The molecule has 1 unspecified atom stereocenters. The number of carbonyl (C=O) groups excluding carboxylic acids is 3. The van der Waals surface area contributed by atoms with Crippen molar-refractivity contribution in [2.45, 2.75) is 52.5 Å². The quantitative estimate of drug-likeness (QED) is 0.524. The topological polar surface area (TPSA) is 75.7 Å². The van der Waals surface area contributed by atoms with Gasteiger partial charge in [0, 0.05) is 23.7 Å². The molecule has 2 atom stereocenters. The monoisotopic (exact) mass is 498 g/mol. The average Bonchev–Trinajstić information content (AvgIpc) is 2.82. The molecular weight excluding hydrogens is 464 g/mol. The van der Waals surface area contributed by atoms with Crippen LogP contribution >= 0.6 is 11.6 Å². The summed E-state index contributed by atoms with van der Waals surface area (Å²) in [6.45, 7) is 9.64. The minimum Gasteiger partial charge on any atom is -0.465 e. The van der Waals surface area contributed by atoms with Gasteiger partial charge in [-0.2, -0.15) is 0 Å². The molecule has 188 valence electrons. The molecule has 2 aromatic carbocycles. The number of halogens is 1. The number of amides is 2. The van der Waals surface area contributed by atoms with Gasteiger partial charge in [0.05, 0.1) is 12.7 Å². The predicted molar refractivity (Wildman–Crippen MR) is 138 cm³/mol. The first kappa shape index (κ1) is 26.7. The number of rotatable bonds is 7. The van der Waals surface area contributed by atoms with Crippen LogP contribution in [0.1, 0.15) is 72.7 Å². The lowest BCUT2D eigenvalue weighted by Crippen LogP contribution is -2.54. The van der Waals surface area contributed by atoms with Gasteiger partial charge in [0.15, 0.2) is 0 Å². The lowest BCUT2D eigenvalue weighted by molar-refractivity contribution is -0.137. The molecular formula is C28H35ClN2O4. The molecule has 0 spiro atoms. The number of piperidine rings is 1. The van der Waals surface area contributed by atoms with Crippen LogP contribution in [-0.2, 0) is 9.53 Å². The van der Waals surface area contributed by atoms with E-state index in [-0.39, 0.29) is 28.7 Å². The Kier molecular flexibility index (Phi) is 8.60. The maximum absolute atomic E-state index is 13.6. The molecule has 7 heteroatoms. The summed E-state index contributed by atoms with van der Waals surface area (Å²) >= 11 is 6.07. The number of esters is 1. The number of benzene rings is 2. The molecule has 2 amide bonds. The van der Waals surface area contributed by atoms with E-state index in [0.29, 0.717) is 36.0 Å². The van der Waals surface area contributed by atoms with Crippen molar-refractivity contribution in [3.8, 4) is 0 Å². The summed E-state index contributed by atoms with van der Waals surface area (Å²) in [5, 5.41) is 3.64. The molecule has 0 aliphatic carbocycles. The summed E-state index contributed by atoms with van der Waals surface area (Å²) in [5.74, 6) is -0.447. The first-order valence-corrected chi connectivity index (χ1v) is 12.4. The van der Waals surface area contributed by atoms with Crippen molar-refractivity contribution in [3.05, 3.63) is 70.2 Å². The number of carbonyl (C=O) groups is 3. The second-order valence-corrected chi connectivity index (χ2v) is 10.8. The first-order chi connectivity index (χ1) is 16.5. The summed E-state index contributed by atoms with van der Waals surface area (Å²) in [7, 11) is 1.30. The maximum atomic E-state index is 13.6. The van der Waals surface area contributed by atoms with Gasteiger partial charge in [-0.25, -0.2) is 4.79 Å². The molecule has 0 bridgehead atoms. The van der Waals surface area contributed by atoms with Crippen LogP contribution in [-0.4, -0.2) is 48.9 Å². The average molecular weight is 499 g/mol. The van der Waals surface area contributed by atoms with Crippen molar-refractivity contribution >= 4 is 29.4 Å². The van der Waals surface area contributed by atoms with Gasteiger partial charge in [-0.1, -0.05) is 57.5 Å². The SMILES string of the molecule is COC(=O)c1cccc(C(=O)N[C@H](CC(C)C)C(=O)N2CCC(c3ccc(Cl)cc3)C(C)(C)C2)c1. The summed E-state index contributed by atoms with van der Waals surface area (Å²) in [5.41, 5.74) is 1.70. The molecule has 1 fully saturated rings. The Bertz CT molecular complexity index is 1060. The van der Waals surface area contributed by atoms with Crippen LogP contribution in [0.3, 0.4) is 0 Å². The zero-order valence-electron chi connectivity index (χ0n) is 21.1. The van der Waals surface area contributed by atoms with Crippen LogP contribution in [0.2, 0.25) is 5.02 Å². The smallest absolute Gasteiger partial charge is 0.337 e. The lowest BCUT2D eigenvalue weighted by atomic mass is 9.70. The number of nitrogens with one attached hydrogen (secondary N) is 1. The fraction of sp³-hybridized carbons (Fsp3) is 0.464. The molecule has 0 aromatic heterocycles. The van der Waals surface area contributed by atoms with Crippen LogP contribution in [0.5, 0.6) is 0 Å². The highest BCUT2D eigenvalue weighted by Crippen LogP contribution is 2.42. The maximum Gasteiger partial charge on any atom is 0.337 e. The van der Waals surface area contributed by atoms with E-state index >= 15 is 0 Å². The van der Waals surface area contributed by atoms with Crippen LogP contribution in [0.15, 0.2) is 48.5 Å². The van der Waals surface area contributed by atoms with Gasteiger partial charge >= 0.3 is 5.97 Å². The molecule has 35 heavy (non-hydrogen) atoms. The Morgan fingerprint density at radius 3 is 2.37 bits per heavy atom. The zero-order chi connectivity index (χ0) is 25.8. The third kappa shape index (κ3) is 6.63. The number of hydrogen-bond acceptors (Lipinski definition) is 4. The van der Waals surface area contributed by atoms with E-state index in [1.54, 1.807) is 18.2 Å². The largest absolute Gasteiger partial charge is 0.465 e. The number of likely N-dealkylation sites (tertiary alicyclic amines) is 1. The van der Waals surface area contributed by atoms with Gasteiger partial charge in [0.2, 0.25) is 5.91 Å². The Labute approximate surface area is 213 Å². The lowest BCUT2D eigenvalue weighted by Gasteiger charge is -2.45. The highest BCUT2D eigenvalue weighted by atomic mass is 35.5. The molecule has 6 nitrogen and oxygen atoms in total. The standard InChI is InChI=1S/C28H35ClN2O4/c1-18(2)15-24(30-25(32)20-7-6-8-21(16-20)27(34)35-5)26(33)31-14-13-23(28(3,4)17-31)19-9-11-22(29)12-10-19/h6-12,16,18,23-24H,13-15,17H2,1-5H3,(H,30,32)/t23?,24-/m1/s1. The van der Waals surface area contributed by atoms with E-state index in [4.69, 9.17) is 16.3 Å². The minimum absolute atomic E-state index is 0.0706. The van der Waals surface area contributed by atoms with Gasteiger partial charge in [-0.05, 0) is 66.0 Å². The second kappa shape index (κ2) is 11.3. The van der Waals surface area contributed by atoms with Crippen molar-refractivity contribution in [1.29, 1.82) is 0 Å². The van der Waals surface area contributed by atoms with Crippen molar-refractivity contribution in [2.24, 2.45) is 11.3 Å². The number of methoxy groups -OCH3 is 1. The summed E-state index contributed by atoms with van der Waals surface area (Å²) in [6.07, 6.45) is 1.36. The molecule has 1 N–H and O–H groups in total. The van der Waals surface area contributed by atoms with E-state index in [2.05, 4.69) is 31.3 Å². The Morgan fingerprint density at radius 2 is 1.77 bits per heavy atom. The van der Waals surface area contributed by atoms with E-state index < -0.39 is 12.0 Å². The van der Waals surface area contributed by atoms with Crippen LogP contribution in [0.25, 0.3) is 0 Å². The molecule has 1 aliphatic heterocycles. The van der Waals surface area contributed by atoms with E-state index in [9.17, 15) is 14.4 Å². The first-order valence-electron chi connectivity index (χ1n) is 12.1. The van der Waals surface area contributed by atoms with E-state index in [0.717, 1.165) is 6.42 Å². The van der Waals surface area contributed by atoms with Gasteiger partial charge in [-0.15, -0.1) is 0 Å². The van der Waals surface area contributed by atoms with Gasteiger partial charge in [0.25, 0.3) is 5.91 Å². The fourth-order valence-electron chi connectivity index (χ4n) is 4.92. The summed E-state index contributed by atoms with van der Waals surface area (Å²) < 4.78 is 4.75. The van der Waals surface area contributed by atoms with Gasteiger partial charge in [0.1, 0.15) is 6.04 Å².